The molecular weight excluding hydrogens is 400 g/mol. The molecule has 0 atom stereocenters. The number of carbonyl (C=O) groups excluding carboxylic acids is 1. The van der Waals surface area contributed by atoms with Crippen molar-refractivity contribution in [2.45, 2.75) is 30.6 Å². The SMILES string of the molecule is COc1ccc(C(=O)Nc2ccc(Cl)cc2)cc1S(=O)(=O)N1CCCCCC1. The minimum Gasteiger partial charge on any atom is -0.495 e. The summed E-state index contributed by atoms with van der Waals surface area (Å²) in [6.45, 7) is 0.958. The highest BCUT2D eigenvalue weighted by Gasteiger charge is 2.29. The van der Waals surface area contributed by atoms with Gasteiger partial charge in [-0.2, -0.15) is 4.31 Å². The maximum Gasteiger partial charge on any atom is 0.255 e. The van der Waals surface area contributed by atoms with Crippen LogP contribution in [0.5, 0.6) is 5.75 Å². The lowest BCUT2D eigenvalue weighted by Gasteiger charge is -2.21. The van der Waals surface area contributed by atoms with Crippen molar-refractivity contribution in [1.29, 1.82) is 0 Å². The molecule has 1 amide bonds. The molecule has 1 aliphatic rings. The summed E-state index contributed by atoms with van der Waals surface area (Å²) in [5, 5.41) is 3.31. The molecule has 8 heteroatoms. The normalized spacial score (nSPS) is 15.6. The van der Waals surface area contributed by atoms with Gasteiger partial charge in [0, 0.05) is 29.4 Å². The van der Waals surface area contributed by atoms with Gasteiger partial charge in [-0.3, -0.25) is 4.79 Å². The number of carbonyl (C=O) groups is 1. The largest absolute Gasteiger partial charge is 0.495 e. The third-order valence-corrected chi connectivity index (χ3v) is 6.88. The minimum absolute atomic E-state index is 0.0145. The molecule has 0 aromatic heterocycles. The van der Waals surface area contributed by atoms with Crippen molar-refractivity contribution in [3.8, 4) is 5.75 Å². The highest BCUT2D eigenvalue weighted by Crippen LogP contribution is 2.29. The number of benzene rings is 2. The monoisotopic (exact) mass is 422 g/mol. The first-order chi connectivity index (χ1) is 13.4. The van der Waals surface area contributed by atoms with Crippen molar-refractivity contribution in [1.82, 2.24) is 4.31 Å². The zero-order valence-corrected chi connectivity index (χ0v) is 17.2. The minimum atomic E-state index is -3.75. The number of ether oxygens (including phenoxy) is 1. The fraction of sp³-hybridized carbons (Fsp3) is 0.350. The Balaban J connectivity index is 1.90. The van der Waals surface area contributed by atoms with E-state index in [2.05, 4.69) is 5.32 Å². The lowest BCUT2D eigenvalue weighted by molar-refractivity contribution is 0.102. The Hall–Kier alpha value is -2.09. The van der Waals surface area contributed by atoms with E-state index in [-0.39, 0.29) is 16.2 Å². The first-order valence-electron chi connectivity index (χ1n) is 9.17. The van der Waals surface area contributed by atoms with Crippen LogP contribution in [0.3, 0.4) is 0 Å². The van der Waals surface area contributed by atoms with Gasteiger partial charge in [0.2, 0.25) is 10.0 Å². The zero-order chi connectivity index (χ0) is 20.1. The van der Waals surface area contributed by atoms with Crippen LogP contribution < -0.4 is 10.1 Å². The fourth-order valence-electron chi connectivity index (χ4n) is 3.18. The van der Waals surface area contributed by atoms with Gasteiger partial charge in [-0.05, 0) is 55.3 Å². The molecule has 1 fully saturated rings. The first kappa shape index (κ1) is 20.6. The summed E-state index contributed by atoms with van der Waals surface area (Å²) in [5.74, 6) is -0.176. The second kappa shape index (κ2) is 8.94. The van der Waals surface area contributed by atoms with E-state index in [1.54, 1.807) is 30.3 Å². The maximum absolute atomic E-state index is 13.2. The smallest absolute Gasteiger partial charge is 0.255 e. The molecule has 2 aromatic rings. The lowest BCUT2D eigenvalue weighted by Crippen LogP contribution is -2.32. The van der Waals surface area contributed by atoms with Gasteiger partial charge >= 0.3 is 0 Å². The van der Waals surface area contributed by atoms with Crippen LogP contribution in [0.1, 0.15) is 36.0 Å². The number of hydrogen-bond donors (Lipinski definition) is 1. The first-order valence-corrected chi connectivity index (χ1v) is 11.0. The number of nitrogens with one attached hydrogen (secondary N) is 1. The summed E-state index contributed by atoms with van der Waals surface area (Å²) >= 11 is 5.86. The van der Waals surface area contributed by atoms with Crippen LogP contribution in [0, 0.1) is 0 Å². The van der Waals surface area contributed by atoms with Gasteiger partial charge in [0.05, 0.1) is 7.11 Å². The molecule has 0 aliphatic carbocycles. The second-order valence-corrected chi connectivity index (χ2v) is 8.99. The van der Waals surface area contributed by atoms with Crippen molar-refractivity contribution < 1.29 is 17.9 Å². The summed E-state index contributed by atoms with van der Waals surface area (Å²) in [7, 11) is -2.33. The Kier molecular flexibility index (Phi) is 6.59. The summed E-state index contributed by atoms with van der Waals surface area (Å²) in [6, 6.07) is 11.1. The standard InChI is InChI=1S/C20H23ClN2O4S/c1-27-18-11-6-15(20(24)22-17-9-7-16(21)8-10-17)14-19(18)28(25,26)23-12-4-2-3-5-13-23/h6-11,14H,2-5,12-13H2,1H3,(H,22,24). The van der Waals surface area contributed by atoms with E-state index in [4.69, 9.17) is 16.3 Å². The Morgan fingerprint density at radius 1 is 1.04 bits per heavy atom. The van der Waals surface area contributed by atoms with Crippen molar-refractivity contribution >= 4 is 33.2 Å². The molecule has 1 aliphatic heterocycles. The molecule has 2 aromatic carbocycles. The summed E-state index contributed by atoms with van der Waals surface area (Å²) in [4.78, 5) is 12.6. The number of sulfonamides is 1. The molecule has 0 spiro atoms. The van der Waals surface area contributed by atoms with E-state index in [1.165, 1.54) is 23.5 Å². The van der Waals surface area contributed by atoms with Gasteiger partial charge in [0.1, 0.15) is 10.6 Å². The molecule has 0 saturated carbocycles. The highest BCUT2D eigenvalue weighted by atomic mass is 35.5. The van der Waals surface area contributed by atoms with Crippen LogP contribution in [0.4, 0.5) is 5.69 Å². The number of rotatable bonds is 5. The number of hydrogen-bond acceptors (Lipinski definition) is 4. The molecular formula is C20H23ClN2O4S. The number of methoxy groups -OCH3 is 1. The van der Waals surface area contributed by atoms with Gasteiger partial charge in [0.15, 0.2) is 0 Å². The molecule has 0 unspecified atom stereocenters. The zero-order valence-electron chi connectivity index (χ0n) is 15.7. The quantitative estimate of drug-likeness (QED) is 0.784. The highest BCUT2D eigenvalue weighted by molar-refractivity contribution is 7.89. The van der Waals surface area contributed by atoms with Crippen LogP contribution in [-0.4, -0.2) is 38.8 Å². The molecule has 150 valence electrons. The predicted octanol–water partition coefficient (Wildman–Crippen LogP) is 4.17. The third kappa shape index (κ3) is 4.66. The van der Waals surface area contributed by atoms with Gasteiger partial charge in [-0.25, -0.2) is 8.42 Å². The van der Waals surface area contributed by atoms with Crippen molar-refractivity contribution in [3.05, 3.63) is 53.1 Å². The summed E-state index contributed by atoms with van der Waals surface area (Å²) in [6.07, 6.45) is 3.70. The number of anilines is 1. The van der Waals surface area contributed by atoms with E-state index in [9.17, 15) is 13.2 Å². The molecule has 1 saturated heterocycles. The molecule has 28 heavy (non-hydrogen) atoms. The Morgan fingerprint density at radius 2 is 1.68 bits per heavy atom. The van der Waals surface area contributed by atoms with E-state index in [0.29, 0.717) is 23.8 Å². The molecule has 3 rings (SSSR count). The van der Waals surface area contributed by atoms with Crippen LogP contribution in [0.2, 0.25) is 5.02 Å². The molecule has 1 heterocycles. The van der Waals surface area contributed by atoms with Crippen LogP contribution in [0.25, 0.3) is 0 Å². The topological polar surface area (TPSA) is 75.7 Å². The molecule has 6 nitrogen and oxygen atoms in total. The molecule has 0 bridgehead atoms. The summed E-state index contributed by atoms with van der Waals surface area (Å²) in [5.41, 5.74) is 0.811. The lowest BCUT2D eigenvalue weighted by atomic mass is 10.2. The third-order valence-electron chi connectivity index (χ3n) is 4.71. The van der Waals surface area contributed by atoms with Crippen LogP contribution in [-0.2, 0) is 10.0 Å². The fourth-order valence-corrected chi connectivity index (χ4v) is 5.00. The van der Waals surface area contributed by atoms with Gasteiger partial charge < -0.3 is 10.1 Å². The number of nitrogens with zero attached hydrogens (tertiary/aromatic N) is 1. The average Bonchev–Trinajstić information content (AvgIpc) is 2.99. The van der Waals surface area contributed by atoms with E-state index in [0.717, 1.165) is 25.7 Å². The van der Waals surface area contributed by atoms with Crippen LogP contribution in [0.15, 0.2) is 47.4 Å². The number of halogens is 1. The second-order valence-electron chi connectivity index (χ2n) is 6.64. The Labute approximate surface area is 170 Å². The van der Waals surface area contributed by atoms with Crippen molar-refractivity contribution in [2.24, 2.45) is 0 Å². The molecule has 0 radical (unpaired) electrons. The van der Waals surface area contributed by atoms with Gasteiger partial charge in [-0.15, -0.1) is 0 Å². The maximum atomic E-state index is 13.2. The van der Waals surface area contributed by atoms with E-state index in [1.807, 2.05) is 0 Å². The summed E-state index contributed by atoms with van der Waals surface area (Å²) < 4.78 is 33.1. The van der Waals surface area contributed by atoms with Crippen molar-refractivity contribution in [2.75, 3.05) is 25.5 Å². The van der Waals surface area contributed by atoms with Gasteiger partial charge in [-0.1, -0.05) is 24.4 Å². The Bertz CT molecular complexity index is 937. The number of amides is 1. The van der Waals surface area contributed by atoms with Crippen molar-refractivity contribution in [3.63, 3.8) is 0 Å². The van der Waals surface area contributed by atoms with E-state index < -0.39 is 15.9 Å². The predicted molar refractivity (Wildman–Crippen MR) is 110 cm³/mol. The van der Waals surface area contributed by atoms with Crippen LogP contribution >= 0.6 is 11.6 Å². The van der Waals surface area contributed by atoms with E-state index >= 15 is 0 Å². The molecule has 1 N–H and O–H groups in total. The Morgan fingerprint density at radius 3 is 2.29 bits per heavy atom. The van der Waals surface area contributed by atoms with Gasteiger partial charge in [0.25, 0.3) is 5.91 Å². The average molecular weight is 423 g/mol.